The molecule has 1 atom stereocenters. The van der Waals surface area contributed by atoms with Crippen LogP contribution in [0, 0.1) is 0 Å². The highest BCUT2D eigenvalue weighted by atomic mass is 16.6. The zero-order valence-corrected chi connectivity index (χ0v) is 15.5. The van der Waals surface area contributed by atoms with Crippen molar-refractivity contribution in [1.29, 1.82) is 0 Å². The highest BCUT2D eigenvalue weighted by Crippen LogP contribution is 2.33. The molecule has 0 bridgehead atoms. The van der Waals surface area contributed by atoms with E-state index in [2.05, 4.69) is 0 Å². The molecule has 6 heteroatoms. The Labute approximate surface area is 148 Å². The minimum Gasteiger partial charge on any atom is -0.444 e. The standard InChI is InChI=1S/C19H26N2O4/c1-18(2,3)25-17(23)21-14(12-24-19(21,4)5)11-20-15-9-7-6-8-13(15)10-16(20)22/h6-9,14H,10-12H2,1-5H3/t14-/m1/s1. The number of ether oxygens (including phenoxy) is 2. The summed E-state index contributed by atoms with van der Waals surface area (Å²) in [6.07, 6.45) is -0.0144. The molecule has 1 aromatic carbocycles. The van der Waals surface area contributed by atoms with Crippen molar-refractivity contribution in [3.8, 4) is 0 Å². The van der Waals surface area contributed by atoms with E-state index in [9.17, 15) is 9.59 Å². The molecular formula is C19H26N2O4. The van der Waals surface area contributed by atoms with Crippen LogP contribution in [0.2, 0.25) is 0 Å². The van der Waals surface area contributed by atoms with Crippen LogP contribution in [0.4, 0.5) is 10.5 Å². The predicted molar refractivity (Wildman–Crippen MR) is 94.4 cm³/mol. The van der Waals surface area contributed by atoms with E-state index in [0.29, 0.717) is 19.6 Å². The van der Waals surface area contributed by atoms with Gasteiger partial charge in [-0.15, -0.1) is 0 Å². The molecule has 2 aliphatic heterocycles. The second-order valence-corrected chi connectivity index (χ2v) is 8.07. The van der Waals surface area contributed by atoms with E-state index in [-0.39, 0.29) is 11.9 Å². The number of anilines is 1. The largest absolute Gasteiger partial charge is 0.444 e. The van der Waals surface area contributed by atoms with Gasteiger partial charge < -0.3 is 14.4 Å². The first kappa shape index (κ1) is 17.7. The van der Waals surface area contributed by atoms with Crippen molar-refractivity contribution >= 4 is 17.7 Å². The number of benzene rings is 1. The number of carbonyl (C=O) groups is 2. The molecule has 1 aromatic rings. The number of carbonyl (C=O) groups excluding carboxylic acids is 2. The first-order valence-electron chi connectivity index (χ1n) is 8.63. The van der Waals surface area contributed by atoms with Gasteiger partial charge in [0.25, 0.3) is 0 Å². The Kier molecular flexibility index (Phi) is 4.27. The van der Waals surface area contributed by atoms with Crippen molar-refractivity contribution in [2.45, 2.75) is 58.4 Å². The molecule has 2 aliphatic rings. The van der Waals surface area contributed by atoms with Crippen molar-refractivity contribution in [3.05, 3.63) is 29.8 Å². The average molecular weight is 346 g/mol. The van der Waals surface area contributed by atoms with Crippen LogP contribution in [0.3, 0.4) is 0 Å². The quantitative estimate of drug-likeness (QED) is 0.826. The van der Waals surface area contributed by atoms with E-state index in [4.69, 9.17) is 9.47 Å². The van der Waals surface area contributed by atoms with Crippen molar-refractivity contribution < 1.29 is 19.1 Å². The third-order valence-corrected chi connectivity index (χ3v) is 4.48. The summed E-state index contributed by atoms with van der Waals surface area (Å²) in [7, 11) is 0. The summed E-state index contributed by atoms with van der Waals surface area (Å²) in [6.45, 7) is 9.97. The molecule has 0 radical (unpaired) electrons. The number of hydrogen-bond donors (Lipinski definition) is 0. The predicted octanol–water partition coefficient (Wildman–Crippen LogP) is 2.95. The van der Waals surface area contributed by atoms with Crippen LogP contribution in [0.15, 0.2) is 24.3 Å². The van der Waals surface area contributed by atoms with Crippen LogP contribution in [0.5, 0.6) is 0 Å². The topological polar surface area (TPSA) is 59.1 Å². The van der Waals surface area contributed by atoms with E-state index in [1.807, 2.05) is 58.9 Å². The Morgan fingerprint density at radius 3 is 2.68 bits per heavy atom. The zero-order chi connectivity index (χ0) is 18.4. The molecule has 0 spiro atoms. The van der Waals surface area contributed by atoms with Gasteiger partial charge in [-0.2, -0.15) is 0 Å². The Bertz CT molecular complexity index is 693. The maximum Gasteiger partial charge on any atom is 0.412 e. The smallest absolute Gasteiger partial charge is 0.412 e. The molecular weight excluding hydrogens is 320 g/mol. The summed E-state index contributed by atoms with van der Waals surface area (Å²) in [5.41, 5.74) is 0.585. The number of hydrogen-bond acceptors (Lipinski definition) is 4. The van der Waals surface area contributed by atoms with Gasteiger partial charge in [0, 0.05) is 12.2 Å². The summed E-state index contributed by atoms with van der Waals surface area (Å²) in [5.74, 6) is 0.0510. The van der Waals surface area contributed by atoms with E-state index < -0.39 is 17.4 Å². The highest BCUT2D eigenvalue weighted by Gasteiger charge is 2.47. The molecule has 25 heavy (non-hydrogen) atoms. The van der Waals surface area contributed by atoms with Gasteiger partial charge in [0.2, 0.25) is 5.91 Å². The Morgan fingerprint density at radius 1 is 1.32 bits per heavy atom. The van der Waals surface area contributed by atoms with Crippen LogP contribution < -0.4 is 4.90 Å². The average Bonchev–Trinajstić information content (AvgIpc) is 2.95. The van der Waals surface area contributed by atoms with Gasteiger partial charge in [0.15, 0.2) is 0 Å². The van der Waals surface area contributed by atoms with E-state index in [1.54, 1.807) is 9.80 Å². The molecule has 0 saturated carbocycles. The fraction of sp³-hybridized carbons (Fsp3) is 0.579. The van der Waals surface area contributed by atoms with Crippen LogP contribution >= 0.6 is 0 Å². The van der Waals surface area contributed by atoms with Gasteiger partial charge >= 0.3 is 6.09 Å². The maximum absolute atomic E-state index is 12.7. The van der Waals surface area contributed by atoms with Crippen LogP contribution in [0.25, 0.3) is 0 Å². The number of amides is 2. The lowest BCUT2D eigenvalue weighted by molar-refractivity contribution is -0.117. The molecule has 136 valence electrons. The number of fused-ring (bicyclic) bond motifs is 1. The van der Waals surface area contributed by atoms with Gasteiger partial charge in [-0.05, 0) is 46.2 Å². The van der Waals surface area contributed by atoms with E-state index in [1.165, 1.54) is 0 Å². The molecule has 2 amide bonds. The minimum absolute atomic E-state index is 0.0510. The second kappa shape index (κ2) is 6.02. The summed E-state index contributed by atoms with van der Waals surface area (Å²) < 4.78 is 11.4. The Balaban J connectivity index is 1.82. The Morgan fingerprint density at radius 2 is 2.00 bits per heavy atom. The molecule has 2 heterocycles. The summed E-state index contributed by atoms with van der Waals surface area (Å²) >= 11 is 0. The molecule has 0 aromatic heterocycles. The third-order valence-electron chi connectivity index (χ3n) is 4.48. The van der Waals surface area contributed by atoms with Gasteiger partial charge in [-0.25, -0.2) is 4.79 Å². The van der Waals surface area contributed by atoms with Gasteiger partial charge in [-0.3, -0.25) is 9.69 Å². The number of para-hydroxylation sites is 1. The van der Waals surface area contributed by atoms with Crippen molar-refractivity contribution in [3.63, 3.8) is 0 Å². The molecule has 0 unspecified atom stereocenters. The normalized spacial score (nSPS) is 22.3. The van der Waals surface area contributed by atoms with Crippen molar-refractivity contribution in [2.75, 3.05) is 18.1 Å². The van der Waals surface area contributed by atoms with Crippen molar-refractivity contribution in [1.82, 2.24) is 4.90 Å². The van der Waals surface area contributed by atoms with Crippen molar-refractivity contribution in [2.24, 2.45) is 0 Å². The molecule has 0 aliphatic carbocycles. The lowest BCUT2D eigenvalue weighted by atomic mass is 10.1. The molecule has 1 fully saturated rings. The summed E-state index contributed by atoms with van der Waals surface area (Å²) in [4.78, 5) is 28.5. The maximum atomic E-state index is 12.7. The van der Waals surface area contributed by atoms with E-state index >= 15 is 0 Å². The minimum atomic E-state index is -0.769. The second-order valence-electron chi connectivity index (χ2n) is 8.07. The number of rotatable bonds is 2. The Hall–Kier alpha value is -2.08. The first-order valence-corrected chi connectivity index (χ1v) is 8.63. The molecule has 3 rings (SSSR count). The van der Waals surface area contributed by atoms with Gasteiger partial charge in [-0.1, -0.05) is 18.2 Å². The van der Waals surface area contributed by atoms with Crippen LogP contribution in [-0.4, -0.2) is 47.4 Å². The fourth-order valence-corrected chi connectivity index (χ4v) is 3.43. The number of nitrogens with zero attached hydrogens (tertiary/aromatic N) is 2. The first-order chi connectivity index (χ1) is 11.6. The van der Waals surface area contributed by atoms with Gasteiger partial charge in [0.1, 0.15) is 11.3 Å². The SMILES string of the molecule is CC(C)(C)OC(=O)N1[C@H](CN2C(=O)Cc3ccccc32)COC1(C)C. The highest BCUT2D eigenvalue weighted by molar-refractivity contribution is 6.01. The van der Waals surface area contributed by atoms with Crippen LogP contribution in [0.1, 0.15) is 40.2 Å². The zero-order valence-electron chi connectivity index (χ0n) is 15.5. The molecule has 0 N–H and O–H groups in total. The van der Waals surface area contributed by atoms with Gasteiger partial charge in [0.05, 0.1) is 19.1 Å². The lowest BCUT2D eigenvalue weighted by Gasteiger charge is -2.36. The molecule has 1 saturated heterocycles. The molecule has 6 nitrogen and oxygen atoms in total. The third kappa shape index (κ3) is 3.49. The fourth-order valence-electron chi connectivity index (χ4n) is 3.43. The summed E-state index contributed by atoms with van der Waals surface area (Å²) in [6, 6.07) is 7.52. The van der Waals surface area contributed by atoms with E-state index in [0.717, 1.165) is 11.3 Å². The summed E-state index contributed by atoms with van der Waals surface area (Å²) in [5, 5.41) is 0. The van der Waals surface area contributed by atoms with Crippen LogP contribution in [-0.2, 0) is 20.7 Å². The lowest BCUT2D eigenvalue weighted by Crippen LogP contribution is -2.53. The monoisotopic (exact) mass is 346 g/mol.